The topological polar surface area (TPSA) is 38.7 Å². The smallest absolute Gasteiger partial charge is 0.125 e. The van der Waals surface area contributed by atoms with Crippen molar-refractivity contribution in [2.45, 2.75) is 6.10 Å². The SMILES string of the molecule is COc1ccc(OC)c(C(O)c2cccs2)c1. The van der Waals surface area contributed by atoms with Gasteiger partial charge >= 0.3 is 0 Å². The molecule has 1 unspecified atom stereocenters. The van der Waals surface area contributed by atoms with Crippen LogP contribution in [0.5, 0.6) is 11.5 Å². The van der Waals surface area contributed by atoms with Crippen molar-refractivity contribution < 1.29 is 14.6 Å². The second-order valence-corrected chi connectivity index (χ2v) is 4.51. The lowest BCUT2D eigenvalue weighted by Crippen LogP contribution is -2.01. The Kier molecular flexibility index (Phi) is 3.66. The molecule has 1 heterocycles. The molecule has 1 aromatic heterocycles. The Balaban J connectivity index is 2.41. The van der Waals surface area contributed by atoms with E-state index >= 15 is 0 Å². The summed E-state index contributed by atoms with van der Waals surface area (Å²) in [5.74, 6) is 1.36. The summed E-state index contributed by atoms with van der Waals surface area (Å²) < 4.78 is 10.4. The molecule has 0 aliphatic rings. The third-order valence-corrected chi connectivity index (χ3v) is 3.47. The molecule has 2 aromatic rings. The zero-order chi connectivity index (χ0) is 12.3. The number of hydrogen-bond donors (Lipinski definition) is 1. The molecule has 0 aliphatic heterocycles. The van der Waals surface area contributed by atoms with Crippen LogP contribution in [0.4, 0.5) is 0 Å². The van der Waals surface area contributed by atoms with Gasteiger partial charge in [-0.1, -0.05) is 6.07 Å². The zero-order valence-corrected chi connectivity index (χ0v) is 10.5. The molecule has 0 fully saturated rings. The summed E-state index contributed by atoms with van der Waals surface area (Å²) in [6.07, 6.45) is -0.681. The minimum absolute atomic E-state index is 0.659. The van der Waals surface area contributed by atoms with Crippen molar-refractivity contribution in [3.8, 4) is 11.5 Å². The lowest BCUT2D eigenvalue weighted by molar-refractivity contribution is 0.218. The fourth-order valence-corrected chi connectivity index (χ4v) is 2.38. The van der Waals surface area contributed by atoms with Crippen molar-refractivity contribution in [2.75, 3.05) is 14.2 Å². The zero-order valence-electron chi connectivity index (χ0n) is 9.71. The molecule has 1 aromatic carbocycles. The van der Waals surface area contributed by atoms with Gasteiger partial charge in [-0.15, -0.1) is 11.3 Å². The average Bonchev–Trinajstić information content (AvgIpc) is 2.91. The maximum absolute atomic E-state index is 10.3. The maximum Gasteiger partial charge on any atom is 0.125 e. The molecule has 4 heteroatoms. The second kappa shape index (κ2) is 5.21. The van der Waals surface area contributed by atoms with Crippen LogP contribution in [0.1, 0.15) is 16.5 Å². The molecule has 90 valence electrons. The number of ether oxygens (including phenoxy) is 2. The summed E-state index contributed by atoms with van der Waals surface area (Å²) in [5.41, 5.74) is 0.717. The van der Waals surface area contributed by atoms with E-state index in [1.165, 1.54) is 11.3 Å². The Morgan fingerprint density at radius 1 is 1.18 bits per heavy atom. The van der Waals surface area contributed by atoms with Crippen molar-refractivity contribution in [3.05, 3.63) is 46.2 Å². The highest BCUT2D eigenvalue weighted by Crippen LogP contribution is 2.34. The van der Waals surface area contributed by atoms with E-state index in [0.717, 1.165) is 4.88 Å². The van der Waals surface area contributed by atoms with E-state index in [4.69, 9.17) is 9.47 Å². The van der Waals surface area contributed by atoms with Gasteiger partial charge in [-0.05, 0) is 29.6 Å². The highest BCUT2D eigenvalue weighted by Gasteiger charge is 2.17. The summed E-state index contributed by atoms with van der Waals surface area (Å²) in [4.78, 5) is 0.886. The van der Waals surface area contributed by atoms with Crippen molar-refractivity contribution in [1.82, 2.24) is 0 Å². The average molecular weight is 250 g/mol. The van der Waals surface area contributed by atoms with Gasteiger partial charge in [0, 0.05) is 10.4 Å². The molecule has 0 saturated carbocycles. The van der Waals surface area contributed by atoms with E-state index in [-0.39, 0.29) is 0 Å². The van der Waals surface area contributed by atoms with E-state index < -0.39 is 6.10 Å². The van der Waals surface area contributed by atoms with Crippen molar-refractivity contribution in [1.29, 1.82) is 0 Å². The molecule has 0 aliphatic carbocycles. The van der Waals surface area contributed by atoms with E-state index in [0.29, 0.717) is 17.1 Å². The van der Waals surface area contributed by atoms with Crippen molar-refractivity contribution >= 4 is 11.3 Å². The molecule has 0 spiro atoms. The van der Waals surface area contributed by atoms with E-state index in [9.17, 15) is 5.11 Å². The molecule has 17 heavy (non-hydrogen) atoms. The van der Waals surface area contributed by atoms with Crippen LogP contribution in [0.3, 0.4) is 0 Å². The highest BCUT2D eigenvalue weighted by molar-refractivity contribution is 7.10. The number of hydrogen-bond acceptors (Lipinski definition) is 4. The lowest BCUT2D eigenvalue weighted by Gasteiger charge is -2.14. The first-order valence-corrected chi connectivity index (χ1v) is 6.07. The van der Waals surface area contributed by atoms with Gasteiger partial charge in [0.25, 0.3) is 0 Å². The molecule has 1 atom stereocenters. The van der Waals surface area contributed by atoms with Crippen molar-refractivity contribution in [2.24, 2.45) is 0 Å². The van der Waals surface area contributed by atoms with Crippen LogP contribution in [0.15, 0.2) is 35.7 Å². The fourth-order valence-electron chi connectivity index (χ4n) is 1.65. The molecule has 3 nitrogen and oxygen atoms in total. The van der Waals surface area contributed by atoms with Gasteiger partial charge < -0.3 is 14.6 Å². The third-order valence-electron chi connectivity index (χ3n) is 2.54. The summed E-state index contributed by atoms with van der Waals surface area (Å²) in [5, 5.41) is 12.2. The molecule has 0 amide bonds. The van der Waals surface area contributed by atoms with Crippen LogP contribution in [-0.2, 0) is 0 Å². The summed E-state index contributed by atoms with van der Waals surface area (Å²) in [6.45, 7) is 0. The normalized spacial score (nSPS) is 12.2. The first kappa shape index (κ1) is 12.0. The first-order valence-electron chi connectivity index (χ1n) is 5.19. The summed E-state index contributed by atoms with van der Waals surface area (Å²) in [6, 6.07) is 9.21. The third kappa shape index (κ3) is 2.43. The monoisotopic (exact) mass is 250 g/mol. The standard InChI is InChI=1S/C13H14O3S/c1-15-9-5-6-11(16-2)10(8-9)13(14)12-4-3-7-17-12/h3-8,13-14H,1-2H3. The number of aliphatic hydroxyl groups excluding tert-OH is 1. The van der Waals surface area contributed by atoms with Crippen LogP contribution in [0, 0.1) is 0 Å². The van der Waals surface area contributed by atoms with Crippen LogP contribution >= 0.6 is 11.3 Å². The largest absolute Gasteiger partial charge is 0.497 e. The van der Waals surface area contributed by atoms with Crippen LogP contribution in [0.2, 0.25) is 0 Å². The fraction of sp³-hybridized carbons (Fsp3) is 0.231. The van der Waals surface area contributed by atoms with Crippen LogP contribution < -0.4 is 9.47 Å². The molecular weight excluding hydrogens is 236 g/mol. The van der Waals surface area contributed by atoms with Gasteiger partial charge in [0.2, 0.25) is 0 Å². The second-order valence-electron chi connectivity index (χ2n) is 3.53. The van der Waals surface area contributed by atoms with Gasteiger partial charge in [-0.25, -0.2) is 0 Å². The highest BCUT2D eigenvalue weighted by atomic mass is 32.1. The minimum Gasteiger partial charge on any atom is -0.497 e. The van der Waals surface area contributed by atoms with E-state index in [2.05, 4.69) is 0 Å². The summed E-state index contributed by atoms with van der Waals surface area (Å²) >= 11 is 1.51. The number of aliphatic hydroxyl groups is 1. The van der Waals surface area contributed by atoms with E-state index in [1.807, 2.05) is 23.6 Å². The number of rotatable bonds is 4. The Bertz CT molecular complexity index is 479. The quantitative estimate of drug-likeness (QED) is 0.906. The molecular formula is C13H14O3S. The summed E-state index contributed by atoms with van der Waals surface area (Å²) in [7, 11) is 3.19. The predicted octanol–water partition coefficient (Wildman–Crippen LogP) is 2.85. The molecule has 1 N–H and O–H groups in total. The van der Waals surface area contributed by atoms with Gasteiger partial charge in [-0.3, -0.25) is 0 Å². The van der Waals surface area contributed by atoms with Gasteiger partial charge in [-0.2, -0.15) is 0 Å². The maximum atomic E-state index is 10.3. The first-order chi connectivity index (χ1) is 8.26. The Labute approximate surface area is 104 Å². The Morgan fingerprint density at radius 3 is 2.59 bits per heavy atom. The molecule has 2 rings (SSSR count). The van der Waals surface area contributed by atoms with Gasteiger partial charge in [0.1, 0.15) is 17.6 Å². The molecule has 0 radical (unpaired) electrons. The lowest BCUT2D eigenvalue weighted by atomic mass is 10.1. The van der Waals surface area contributed by atoms with Gasteiger partial charge in [0.05, 0.1) is 14.2 Å². The Morgan fingerprint density at radius 2 is 2.00 bits per heavy atom. The van der Waals surface area contributed by atoms with Crippen LogP contribution in [-0.4, -0.2) is 19.3 Å². The number of thiophene rings is 1. The van der Waals surface area contributed by atoms with E-state index in [1.54, 1.807) is 26.4 Å². The van der Waals surface area contributed by atoms with Gasteiger partial charge in [0.15, 0.2) is 0 Å². The number of benzene rings is 1. The van der Waals surface area contributed by atoms with Crippen molar-refractivity contribution in [3.63, 3.8) is 0 Å². The van der Waals surface area contributed by atoms with Crippen LogP contribution in [0.25, 0.3) is 0 Å². The predicted molar refractivity (Wildman–Crippen MR) is 67.9 cm³/mol. The molecule has 0 bridgehead atoms. The Hall–Kier alpha value is -1.52. The number of methoxy groups -OCH3 is 2. The molecule has 0 saturated heterocycles. The minimum atomic E-state index is -0.681.